The van der Waals surface area contributed by atoms with Gasteiger partial charge in [-0.3, -0.25) is 4.31 Å². The first-order valence-corrected chi connectivity index (χ1v) is 9.57. The second kappa shape index (κ2) is 6.51. The lowest BCUT2D eigenvalue weighted by molar-refractivity contribution is 0.0664. The fraction of sp³-hybridized carbons (Fsp3) is 0.188. The zero-order chi connectivity index (χ0) is 18.2. The Bertz CT molecular complexity index is 1020. The van der Waals surface area contributed by atoms with Gasteiger partial charge in [0.25, 0.3) is 10.0 Å². The number of rotatable bonds is 6. The third-order valence-corrected chi connectivity index (χ3v) is 6.97. The maximum absolute atomic E-state index is 12.8. The van der Waals surface area contributed by atoms with Crippen LogP contribution in [0.1, 0.15) is 10.5 Å². The summed E-state index contributed by atoms with van der Waals surface area (Å²) in [5.74, 6) is -1.11. The summed E-state index contributed by atoms with van der Waals surface area (Å²) in [5.41, 5.74) is 0.908. The Morgan fingerprint density at radius 1 is 1.32 bits per heavy atom. The van der Waals surface area contributed by atoms with Crippen LogP contribution in [0.25, 0.3) is 10.9 Å². The van der Waals surface area contributed by atoms with Crippen molar-refractivity contribution in [2.75, 3.05) is 18.5 Å². The fourth-order valence-electron chi connectivity index (χ4n) is 2.67. The van der Waals surface area contributed by atoms with Crippen molar-refractivity contribution in [3.05, 3.63) is 47.5 Å². The van der Waals surface area contributed by atoms with E-state index < -0.39 is 16.0 Å². The summed E-state index contributed by atoms with van der Waals surface area (Å²) < 4.78 is 33.6. The molecule has 0 aliphatic rings. The number of anilines is 1. The maximum Gasteiger partial charge on any atom is 0.352 e. The quantitative estimate of drug-likeness (QED) is 0.710. The van der Waals surface area contributed by atoms with Gasteiger partial charge in [-0.1, -0.05) is 18.2 Å². The SMILES string of the molecule is COCn1c(C(=O)O)cc2cccc(N(C)S(=O)(=O)c3cccs3)c21. The molecule has 2 aromatic heterocycles. The van der Waals surface area contributed by atoms with Crippen LogP contribution >= 0.6 is 11.3 Å². The van der Waals surface area contributed by atoms with Gasteiger partial charge in [0.2, 0.25) is 0 Å². The van der Waals surface area contributed by atoms with Crippen molar-refractivity contribution in [3.63, 3.8) is 0 Å². The average Bonchev–Trinajstić information content (AvgIpc) is 3.22. The molecule has 0 aliphatic carbocycles. The van der Waals surface area contributed by atoms with Crippen LogP contribution in [0.2, 0.25) is 0 Å². The molecule has 3 rings (SSSR count). The molecule has 2 heterocycles. The molecule has 0 radical (unpaired) electrons. The molecule has 0 fully saturated rings. The minimum atomic E-state index is -3.73. The van der Waals surface area contributed by atoms with Gasteiger partial charge in [-0.2, -0.15) is 0 Å². The van der Waals surface area contributed by atoms with Crippen LogP contribution in [0.15, 0.2) is 46.0 Å². The van der Waals surface area contributed by atoms with E-state index in [-0.39, 0.29) is 16.6 Å². The number of para-hydroxylation sites is 1. The molecule has 0 aliphatic heterocycles. The van der Waals surface area contributed by atoms with Crippen molar-refractivity contribution >= 4 is 43.9 Å². The highest BCUT2D eigenvalue weighted by molar-refractivity contribution is 7.94. The highest BCUT2D eigenvalue weighted by Crippen LogP contribution is 2.33. The molecule has 25 heavy (non-hydrogen) atoms. The number of sulfonamides is 1. The van der Waals surface area contributed by atoms with Gasteiger partial charge in [-0.25, -0.2) is 13.2 Å². The Labute approximate surface area is 148 Å². The van der Waals surface area contributed by atoms with Gasteiger partial charge in [0, 0.05) is 19.5 Å². The molecule has 0 unspecified atom stereocenters. The van der Waals surface area contributed by atoms with E-state index in [4.69, 9.17) is 4.74 Å². The molecule has 3 aromatic rings. The number of carboxylic acids is 1. The van der Waals surface area contributed by atoms with E-state index in [1.807, 2.05) is 0 Å². The normalized spacial score (nSPS) is 11.8. The molecule has 0 atom stereocenters. The number of thiophene rings is 1. The van der Waals surface area contributed by atoms with Gasteiger partial charge in [0.1, 0.15) is 16.6 Å². The molecular weight excluding hydrogens is 364 g/mol. The minimum Gasteiger partial charge on any atom is -0.477 e. The number of methoxy groups -OCH3 is 1. The molecule has 0 amide bonds. The smallest absolute Gasteiger partial charge is 0.352 e. The maximum atomic E-state index is 12.8. The standard InChI is InChI=1S/C16H16N2O5S2/c1-17(25(21,22)14-7-4-8-24-14)12-6-3-5-11-9-13(16(19)20)18(10-23-2)15(11)12/h3-9H,10H2,1-2H3,(H,19,20). The number of fused-ring (bicyclic) bond motifs is 1. The van der Waals surface area contributed by atoms with Crippen LogP contribution in [-0.4, -0.2) is 38.2 Å². The second-order valence-corrected chi connectivity index (χ2v) is 8.44. The van der Waals surface area contributed by atoms with Crippen LogP contribution in [0.5, 0.6) is 0 Å². The van der Waals surface area contributed by atoms with E-state index in [1.165, 1.54) is 35.2 Å². The first-order chi connectivity index (χ1) is 11.9. The topological polar surface area (TPSA) is 88.8 Å². The second-order valence-electron chi connectivity index (χ2n) is 5.30. The minimum absolute atomic E-state index is 0.00492. The highest BCUT2D eigenvalue weighted by atomic mass is 32.2. The number of hydrogen-bond acceptors (Lipinski definition) is 5. The molecule has 1 N–H and O–H groups in total. The summed E-state index contributed by atoms with van der Waals surface area (Å²) in [6.07, 6.45) is 0. The summed E-state index contributed by atoms with van der Waals surface area (Å²) in [5, 5.41) is 11.7. The predicted molar refractivity (Wildman–Crippen MR) is 95.8 cm³/mol. The summed E-state index contributed by atoms with van der Waals surface area (Å²) in [6.45, 7) is -0.00492. The van der Waals surface area contributed by atoms with Crippen LogP contribution in [0.3, 0.4) is 0 Å². The third-order valence-electron chi connectivity index (χ3n) is 3.83. The average molecular weight is 380 g/mol. The Morgan fingerprint density at radius 2 is 2.08 bits per heavy atom. The van der Waals surface area contributed by atoms with E-state index in [9.17, 15) is 18.3 Å². The monoisotopic (exact) mass is 380 g/mol. The van der Waals surface area contributed by atoms with Crippen molar-refractivity contribution in [2.45, 2.75) is 10.9 Å². The zero-order valence-corrected chi connectivity index (χ0v) is 15.2. The van der Waals surface area contributed by atoms with Gasteiger partial charge in [0.05, 0.1) is 11.2 Å². The molecule has 9 heteroatoms. The lowest BCUT2D eigenvalue weighted by Gasteiger charge is -2.21. The van der Waals surface area contributed by atoms with E-state index >= 15 is 0 Å². The molecule has 0 saturated carbocycles. The van der Waals surface area contributed by atoms with Crippen LogP contribution in [-0.2, 0) is 21.5 Å². The Morgan fingerprint density at radius 3 is 2.68 bits per heavy atom. The van der Waals surface area contributed by atoms with Crippen molar-refractivity contribution in [1.29, 1.82) is 0 Å². The summed E-state index contributed by atoms with van der Waals surface area (Å²) in [7, 11) is -0.829. The number of hydrogen-bond donors (Lipinski definition) is 1. The van der Waals surface area contributed by atoms with E-state index in [0.29, 0.717) is 16.6 Å². The highest BCUT2D eigenvalue weighted by Gasteiger charge is 2.26. The Hall–Kier alpha value is -2.36. The number of nitrogens with zero attached hydrogens (tertiary/aromatic N) is 2. The van der Waals surface area contributed by atoms with Gasteiger partial charge in [-0.05, 0) is 23.6 Å². The van der Waals surface area contributed by atoms with Crippen LogP contribution in [0.4, 0.5) is 5.69 Å². The Balaban J connectivity index is 2.24. The van der Waals surface area contributed by atoms with Crippen molar-refractivity contribution in [2.24, 2.45) is 0 Å². The molecule has 0 bridgehead atoms. The van der Waals surface area contributed by atoms with Gasteiger partial charge in [-0.15, -0.1) is 11.3 Å². The summed E-state index contributed by atoms with van der Waals surface area (Å²) in [6, 6.07) is 9.79. The number of benzene rings is 1. The first kappa shape index (κ1) is 17.5. The van der Waals surface area contributed by atoms with Gasteiger partial charge >= 0.3 is 5.97 Å². The number of ether oxygens (including phenoxy) is 1. The van der Waals surface area contributed by atoms with E-state index in [2.05, 4.69) is 0 Å². The zero-order valence-electron chi connectivity index (χ0n) is 13.5. The number of carboxylic acid groups (broad SMARTS) is 1. The molecule has 7 nitrogen and oxygen atoms in total. The number of aromatic nitrogens is 1. The van der Waals surface area contributed by atoms with Crippen molar-refractivity contribution in [1.82, 2.24) is 4.57 Å². The number of carbonyl (C=O) groups is 1. The third kappa shape index (κ3) is 2.90. The summed E-state index contributed by atoms with van der Waals surface area (Å²) >= 11 is 1.13. The molecule has 0 saturated heterocycles. The molecular formula is C16H16N2O5S2. The lowest BCUT2D eigenvalue weighted by Crippen LogP contribution is -2.26. The predicted octanol–water partition coefficient (Wildman–Crippen LogP) is 2.83. The lowest BCUT2D eigenvalue weighted by atomic mass is 10.2. The largest absolute Gasteiger partial charge is 0.477 e. The molecule has 132 valence electrons. The molecule has 1 aromatic carbocycles. The molecule has 0 spiro atoms. The van der Waals surface area contributed by atoms with Crippen LogP contribution in [0, 0.1) is 0 Å². The van der Waals surface area contributed by atoms with E-state index in [1.54, 1.807) is 29.6 Å². The van der Waals surface area contributed by atoms with Crippen molar-refractivity contribution in [3.8, 4) is 0 Å². The first-order valence-electron chi connectivity index (χ1n) is 7.25. The summed E-state index contributed by atoms with van der Waals surface area (Å²) in [4.78, 5) is 11.5. The fourth-order valence-corrected chi connectivity index (χ4v) is 5.04. The van der Waals surface area contributed by atoms with Crippen LogP contribution < -0.4 is 4.31 Å². The Kier molecular flexibility index (Phi) is 4.55. The van der Waals surface area contributed by atoms with E-state index in [0.717, 1.165) is 11.3 Å². The van der Waals surface area contributed by atoms with Gasteiger partial charge < -0.3 is 14.4 Å². The van der Waals surface area contributed by atoms with Crippen molar-refractivity contribution < 1.29 is 23.1 Å². The van der Waals surface area contributed by atoms with Gasteiger partial charge in [0.15, 0.2) is 0 Å². The number of aromatic carboxylic acids is 1.